The minimum absolute atomic E-state index is 0.0200. The summed E-state index contributed by atoms with van der Waals surface area (Å²) in [5, 5.41) is 10.4. The van der Waals surface area contributed by atoms with E-state index in [0.29, 0.717) is 13.1 Å². The zero-order valence-corrected chi connectivity index (χ0v) is 8.87. The van der Waals surface area contributed by atoms with Gasteiger partial charge in [-0.2, -0.15) is 0 Å². The minimum atomic E-state index is -0.789. The van der Waals surface area contributed by atoms with Crippen molar-refractivity contribution >= 4 is 23.2 Å². The number of likely N-dealkylation sites (tertiary alicyclic amines) is 1. The Morgan fingerprint density at radius 1 is 1.53 bits per heavy atom. The Labute approximate surface area is 91.1 Å². The Balaban J connectivity index is 1.85. The second-order valence-corrected chi connectivity index (χ2v) is 4.60. The number of carbonyl (C=O) groups excluding carboxylic acids is 1. The molecule has 0 radical (unpaired) electrons. The second kappa shape index (κ2) is 4.02. The van der Waals surface area contributed by atoms with Crippen LogP contribution in [0, 0.1) is 5.92 Å². The van der Waals surface area contributed by atoms with Crippen LogP contribution in [0.1, 0.15) is 16.1 Å². The quantitative estimate of drug-likeness (QED) is 0.843. The van der Waals surface area contributed by atoms with E-state index in [1.165, 1.54) is 11.3 Å². The Hall–Kier alpha value is -1.36. The lowest BCUT2D eigenvalue weighted by Crippen LogP contribution is -2.50. The van der Waals surface area contributed by atoms with Crippen LogP contribution in [0.4, 0.5) is 0 Å². The predicted octanol–water partition coefficient (Wildman–Crippen LogP) is 1.29. The molecule has 1 aromatic rings. The molecule has 0 saturated carbocycles. The number of nitrogens with zero attached hydrogens (tertiary/aromatic N) is 1. The molecule has 0 unspecified atom stereocenters. The predicted molar refractivity (Wildman–Crippen MR) is 56.0 cm³/mol. The topological polar surface area (TPSA) is 57.6 Å². The Bertz CT molecular complexity index is 368. The largest absolute Gasteiger partial charge is 0.481 e. The summed E-state index contributed by atoms with van der Waals surface area (Å²) < 4.78 is 0. The van der Waals surface area contributed by atoms with Crippen LogP contribution in [0.3, 0.4) is 0 Å². The first-order chi connectivity index (χ1) is 7.16. The summed E-state index contributed by atoms with van der Waals surface area (Å²) in [4.78, 5) is 24.5. The average molecular weight is 225 g/mol. The van der Waals surface area contributed by atoms with Crippen molar-refractivity contribution in [3.8, 4) is 0 Å². The highest BCUT2D eigenvalue weighted by atomic mass is 32.1. The zero-order valence-electron chi connectivity index (χ0n) is 8.05. The molecule has 4 nitrogen and oxygen atoms in total. The summed E-state index contributed by atoms with van der Waals surface area (Å²) in [7, 11) is 0. The molecule has 0 bridgehead atoms. The molecule has 1 saturated heterocycles. The van der Waals surface area contributed by atoms with Crippen LogP contribution in [-0.2, 0) is 4.79 Å². The van der Waals surface area contributed by atoms with Crippen molar-refractivity contribution in [3.05, 3.63) is 22.4 Å². The molecule has 5 heteroatoms. The van der Waals surface area contributed by atoms with Gasteiger partial charge in [-0.3, -0.25) is 9.59 Å². The van der Waals surface area contributed by atoms with E-state index >= 15 is 0 Å². The van der Waals surface area contributed by atoms with E-state index in [9.17, 15) is 9.59 Å². The SMILES string of the molecule is O=C(O)CC1CN(C(=O)c2cccs2)C1. The fourth-order valence-corrected chi connectivity index (χ4v) is 2.36. The lowest BCUT2D eigenvalue weighted by Gasteiger charge is -2.38. The number of rotatable bonds is 3. The maximum Gasteiger partial charge on any atom is 0.303 e. The van der Waals surface area contributed by atoms with Gasteiger partial charge in [0.25, 0.3) is 5.91 Å². The molecule has 1 N–H and O–H groups in total. The van der Waals surface area contributed by atoms with Crippen molar-refractivity contribution in [1.82, 2.24) is 4.90 Å². The van der Waals surface area contributed by atoms with Crippen molar-refractivity contribution < 1.29 is 14.7 Å². The second-order valence-electron chi connectivity index (χ2n) is 3.65. The average Bonchev–Trinajstić information content (AvgIpc) is 2.61. The van der Waals surface area contributed by atoms with Crippen molar-refractivity contribution in [2.75, 3.05) is 13.1 Å². The third-order valence-corrected chi connectivity index (χ3v) is 3.30. The van der Waals surface area contributed by atoms with Crippen LogP contribution in [0.15, 0.2) is 17.5 Å². The minimum Gasteiger partial charge on any atom is -0.481 e. The molecule has 1 aliphatic heterocycles. The number of carboxylic acid groups (broad SMARTS) is 1. The number of hydrogen-bond acceptors (Lipinski definition) is 3. The van der Waals surface area contributed by atoms with E-state index < -0.39 is 5.97 Å². The molecule has 1 fully saturated rings. The van der Waals surface area contributed by atoms with Crippen LogP contribution in [0.2, 0.25) is 0 Å². The molecule has 1 amide bonds. The lowest BCUT2D eigenvalue weighted by molar-refractivity contribution is -0.139. The summed E-state index contributed by atoms with van der Waals surface area (Å²) in [6, 6.07) is 3.63. The fraction of sp³-hybridized carbons (Fsp3) is 0.400. The van der Waals surface area contributed by atoms with Gasteiger partial charge in [0.2, 0.25) is 0 Å². The lowest BCUT2D eigenvalue weighted by atomic mass is 9.96. The maximum absolute atomic E-state index is 11.7. The van der Waals surface area contributed by atoms with E-state index in [0.717, 1.165) is 4.88 Å². The van der Waals surface area contributed by atoms with Crippen LogP contribution >= 0.6 is 11.3 Å². The van der Waals surface area contributed by atoms with Gasteiger partial charge in [0.05, 0.1) is 11.3 Å². The van der Waals surface area contributed by atoms with Gasteiger partial charge in [0, 0.05) is 19.0 Å². The van der Waals surface area contributed by atoms with E-state index in [1.807, 2.05) is 11.4 Å². The van der Waals surface area contributed by atoms with E-state index in [1.54, 1.807) is 11.0 Å². The number of amides is 1. The Kier molecular flexibility index (Phi) is 2.73. The van der Waals surface area contributed by atoms with Gasteiger partial charge in [0.1, 0.15) is 0 Å². The van der Waals surface area contributed by atoms with Crippen molar-refractivity contribution in [2.24, 2.45) is 5.92 Å². The molecule has 0 atom stereocenters. The molecule has 1 aliphatic rings. The molecular formula is C10H11NO3S. The molecule has 2 heterocycles. The molecule has 2 rings (SSSR count). The summed E-state index contributed by atoms with van der Waals surface area (Å²) in [6.07, 6.45) is 0.161. The van der Waals surface area contributed by atoms with Crippen LogP contribution in [0.25, 0.3) is 0 Å². The number of hydrogen-bond donors (Lipinski definition) is 1. The van der Waals surface area contributed by atoms with Gasteiger partial charge in [-0.15, -0.1) is 11.3 Å². The summed E-state index contributed by atoms with van der Waals surface area (Å²) >= 11 is 1.42. The summed E-state index contributed by atoms with van der Waals surface area (Å²) in [6.45, 7) is 1.14. The molecule has 0 aliphatic carbocycles. The highest BCUT2D eigenvalue weighted by Crippen LogP contribution is 2.22. The third-order valence-electron chi connectivity index (χ3n) is 2.44. The van der Waals surface area contributed by atoms with Gasteiger partial charge in [0.15, 0.2) is 0 Å². The van der Waals surface area contributed by atoms with Crippen LogP contribution < -0.4 is 0 Å². The first-order valence-electron chi connectivity index (χ1n) is 4.71. The molecule has 1 aromatic heterocycles. The molecule has 15 heavy (non-hydrogen) atoms. The smallest absolute Gasteiger partial charge is 0.303 e. The highest BCUT2D eigenvalue weighted by molar-refractivity contribution is 7.12. The summed E-state index contributed by atoms with van der Waals surface area (Å²) in [5.41, 5.74) is 0. The zero-order chi connectivity index (χ0) is 10.8. The van der Waals surface area contributed by atoms with Gasteiger partial charge in [-0.05, 0) is 11.4 Å². The number of aliphatic carboxylic acids is 1. The van der Waals surface area contributed by atoms with Crippen LogP contribution in [0.5, 0.6) is 0 Å². The van der Waals surface area contributed by atoms with Crippen molar-refractivity contribution in [1.29, 1.82) is 0 Å². The Morgan fingerprint density at radius 2 is 2.27 bits per heavy atom. The first kappa shape index (κ1) is 10.2. The molecule has 80 valence electrons. The third kappa shape index (κ3) is 2.18. The standard InChI is InChI=1S/C10H11NO3S/c12-9(13)4-7-5-11(6-7)10(14)8-2-1-3-15-8/h1-3,7H,4-6H2,(H,12,13). The maximum atomic E-state index is 11.7. The molecular weight excluding hydrogens is 214 g/mol. The van der Waals surface area contributed by atoms with Crippen molar-refractivity contribution in [3.63, 3.8) is 0 Å². The van der Waals surface area contributed by atoms with E-state index in [4.69, 9.17) is 5.11 Å². The number of carboxylic acids is 1. The van der Waals surface area contributed by atoms with Gasteiger partial charge >= 0.3 is 5.97 Å². The Morgan fingerprint density at radius 3 is 2.80 bits per heavy atom. The highest BCUT2D eigenvalue weighted by Gasteiger charge is 2.32. The van der Waals surface area contributed by atoms with E-state index in [-0.39, 0.29) is 18.2 Å². The van der Waals surface area contributed by atoms with Crippen molar-refractivity contribution in [2.45, 2.75) is 6.42 Å². The fourth-order valence-electron chi connectivity index (χ4n) is 1.67. The summed E-state index contributed by atoms with van der Waals surface area (Å²) in [5.74, 6) is -0.638. The van der Waals surface area contributed by atoms with Gasteiger partial charge < -0.3 is 10.0 Å². The van der Waals surface area contributed by atoms with Gasteiger partial charge in [-0.1, -0.05) is 6.07 Å². The van der Waals surface area contributed by atoms with E-state index in [2.05, 4.69) is 0 Å². The normalized spacial score (nSPS) is 16.1. The van der Waals surface area contributed by atoms with Crippen LogP contribution in [-0.4, -0.2) is 35.0 Å². The number of carbonyl (C=O) groups is 2. The molecule has 0 aromatic carbocycles. The molecule has 0 spiro atoms. The first-order valence-corrected chi connectivity index (χ1v) is 5.59. The van der Waals surface area contributed by atoms with Gasteiger partial charge in [-0.25, -0.2) is 0 Å². The monoisotopic (exact) mass is 225 g/mol. The number of thiophene rings is 1.